The van der Waals surface area contributed by atoms with E-state index >= 15 is 0 Å². The summed E-state index contributed by atoms with van der Waals surface area (Å²) < 4.78 is 5.08. The van der Waals surface area contributed by atoms with Gasteiger partial charge in [0.2, 0.25) is 5.56 Å². The Morgan fingerprint density at radius 3 is 2.94 bits per heavy atom. The third-order valence-electron chi connectivity index (χ3n) is 6.15. The van der Waals surface area contributed by atoms with Crippen molar-refractivity contribution in [2.45, 2.75) is 39.2 Å². The van der Waals surface area contributed by atoms with Crippen molar-refractivity contribution < 1.29 is 9.53 Å². The molecule has 1 aromatic heterocycles. The molecule has 0 saturated heterocycles. The Hall–Kier alpha value is -3.47. The van der Waals surface area contributed by atoms with Crippen LogP contribution in [0.25, 0.3) is 6.08 Å². The zero-order chi connectivity index (χ0) is 22.7. The maximum atomic E-state index is 12.0. The van der Waals surface area contributed by atoms with E-state index in [0.717, 1.165) is 29.7 Å². The fourth-order valence-electron chi connectivity index (χ4n) is 4.96. The van der Waals surface area contributed by atoms with Crippen molar-refractivity contribution in [3.8, 4) is 0 Å². The van der Waals surface area contributed by atoms with Gasteiger partial charge in [0.05, 0.1) is 12.2 Å². The molecule has 2 aliphatic carbocycles. The van der Waals surface area contributed by atoms with Gasteiger partial charge in [-0.3, -0.25) is 9.79 Å². The molecule has 1 heterocycles. The van der Waals surface area contributed by atoms with E-state index in [1.165, 1.54) is 11.1 Å². The fraction of sp³-hybridized carbons (Fsp3) is 0.296. The molecule has 2 bridgehead atoms. The van der Waals surface area contributed by atoms with Gasteiger partial charge < -0.3 is 9.72 Å². The quantitative estimate of drug-likeness (QED) is 0.414. The van der Waals surface area contributed by atoms with Crippen LogP contribution in [0.4, 0.5) is 0 Å². The van der Waals surface area contributed by atoms with Crippen LogP contribution in [0.5, 0.6) is 0 Å². The zero-order valence-corrected chi connectivity index (χ0v) is 18.7. The lowest BCUT2D eigenvalue weighted by atomic mass is 9.63. The zero-order valence-electron chi connectivity index (χ0n) is 18.7. The van der Waals surface area contributed by atoms with Gasteiger partial charge in [0.25, 0.3) is 0 Å². The molecular formula is C27H28N2O3. The van der Waals surface area contributed by atoms with Crippen molar-refractivity contribution in [3.05, 3.63) is 98.5 Å². The summed E-state index contributed by atoms with van der Waals surface area (Å²) in [5.74, 6) is -0.0852. The number of nitrogens with one attached hydrogen (secondary N) is 1. The molecule has 5 heteroatoms. The van der Waals surface area contributed by atoms with E-state index in [2.05, 4.69) is 31.0 Å². The Morgan fingerprint density at radius 2 is 2.16 bits per heavy atom. The number of aliphatic imine (C=N–C) groups is 1. The SMILES string of the molecule is C/C=C1\C2C=C(C)CC1(/N=C/C=C/c1cccc(C(=O)OCC)c1)c1ccc(=O)[nH]c1C2. The molecule has 32 heavy (non-hydrogen) atoms. The predicted molar refractivity (Wildman–Crippen MR) is 128 cm³/mol. The van der Waals surface area contributed by atoms with Gasteiger partial charge in [-0.25, -0.2) is 4.79 Å². The normalized spacial score (nSPS) is 23.4. The fourth-order valence-corrected chi connectivity index (χ4v) is 4.96. The van der Waals surface area contributed by atoms with Gasteiger partial charge >= 0.3 is 5.97 Å². The van der Waals surface area contributed by atoms with Gasteiger partial charge in [0, 0.05) is 35.9 Å². The molecular weight excluding hydrogens is 400 g/mol. The van der Waals surface area contributed by atoms with Crippen LogP contribution in [0.15, 0.2) is 75.6 Å². The highest BCUT2D eigenvalue weighted by Gasteiger charge is 2.46. The van der Waals surface area contributed by atoms with Crippen molar-refractivity contribution >= 4 is 18.3 Å². The molecule has 5 nitrogen and oxygen atoms in total. The first-order valence-corrected chi connectivity index (χ1v) is 11.0. The number of carbonyl (C=O) groups is 1. The largest absolute Gasteiger partial charge is 0.462 e. The van der Waals surface area contributed by atoms with Gasteiger partial charge in [0.1, 0.15) is 5.54 Å². The lowest BCUT2D eigenvalue weighted by Gasteiger charge is -2.45. The van der Waals surface area contributed by atoms with E-state index in [-0.39, 0.29) is 17.4 Å². The number of pyridine rings is 1. The Labute approximate surface area is 188 Å². The van der Waals surface area contributed by atoms with Gasteiger partial charge in [-0.05, 0) is 62.6 Å². The molecule has 2 aliphatic rings. The van der Waals surface area contributed by atoms with E-state index in [1.807, 2.05) is 42.6 Å². The number of fused-ring (bicyclic) bond motifs is 4. The van der Waals surface area contributed by atoms with E-state index in [0.29, 0.717) is 12.2 Å². The number of H-pyrrole nitrogens is 1. The third kappa shape index (κ3) is 4.03. The number of hydrogen-bond donors (Lipinski definition) is 1. The van der Waals surface area contributed by atoms with Crippen LogP contribution in [-0.2, 0) is 16.7 Å². The third-order valence-corrected chi connectivity index (χ3v) is 6.15. The molecule has 0 saturated carbocycles. The van der Waals surface area contributed by atoms with E-state index < -0.39 is 5.54 Å². The second-order valence-corrected chi connectivity index (χ2v) is 8.30. The molecule has 4 rings (SSSR count). The van der Waals surface area contributed by atoms with Gasteiger partial charge in [-0.2, -0.15) is 0 Å². The molecule has 2 atom stereocenters. The minimum Gasteiger partial charge on any atom is -0.462 e. The van der Waals surface area contributed by atoms with Crippen molar-refractivity contribution in [2.75, 3.05) is 6.61 Å². The smallest absolute Gasteiger partial charge is 0.338 e. The first kappa shape index (κ1) is 21.8. The Morgan fingerprint density at radius 1 is 1.31 bits per heavy atom. The number of nitrogens with zero attached hydrogens (tertiary/aromatic N) is 1. The van der Waals surface area contributed by atoms with Crippen LogP contribution in [0.2, 0.25) is 0 Å². The molecule has 1 N–H and O–H groups in total. The van der Waals surface area contributed by atoms with Crippen LogP contribution >= 0.6 is 0 Å². The molecule has 2 unspecified atom stereocenters. The predicted octanol–water partition coefficient (Wildman–Crippen LogP) is 5.00. The average Bonchev–Trinajstić information content (AvgIpc) is 2.76. The molecule has 164 valence electrons. The van der Waals surface area contributed by atoms with Crippen molar-refractivity contribution in [1.82, 2.24) is 4.98 Å². The summed E-state index contributed by atoms with van der Waals surface area (Å²) in [5.41, 5.74) is 5.47. The van der Waals surface area contributed by atoms with Crippen LogP contribution in [0.1, 0.15) is 54.4 Å². The minimum absolute atomic E-state index is 0.0769. The minimum atomic E-state index is -0.507. The highest BCUT2D eigenvalue weighted by Crippen LogP contribution is 2.51. The van der Waals surface area contributed by atoms with E-state index in [9.17, 15) is 9.59 Å². The van der Waals surface area contributed by atoms with Gasteiger partial charge in [0.15, 0.2) is 0 Å². The number of hydrogen-bond acceptors (Lipinski definition) is 4. The number of ether oxygens (including phenoxy) is 1. The van der Waals surface area contributed by atoms with Crippen LogP contribution in [-0.4, -0.2) is 23.8 Å². The average molecular weight is 429 g/mol. The molecule has 1 aromatic carbocycles. The molecule has 0 aliphatic heterocycles. The summed E-state index contributed by atoms with van der Waals surface area (Å²) in [6.07, 6.45) is 11.7. The number of aromatic amines is 1. The lowest BCUT2D eigenvalue weighted by Crippen LogP contribution is -2.40. The van der Waals surface area contributed by atoms with E-state index in [1.54, 1.807) is 19.1 Å². The number of benzene rings is 1. The molecule has 2 aromatic rings. The lowest BCUT2D eigenvalue weighted by molar-refractivity contribution is 0.0526. The van der Waals surface area contributed by atoms with Gasteiger partial charge in [-0.1, -0.05) is 35.9 Å². The molecule has 0 spiro atoms. The summed E-state index contributed by atoms with van der Waals surface area (Å²) >= 11 is 0. The highest BCUT2D eigenvalue weighted by atomic mass is 16.5. The Bertz CT molecular complexity index is 1220. The number of rotatable bonds is 5. The maximum absolute atomic E-state index is 12.0. The summed E-state index contributed by atoms with van der Waals surface area (Å²) in [4.78, 5) is 32.0. The number of allylic oxidation sites excluding steroid dienone is 3. The second kappa shape index (κ2) is 8.95. The Kier molecular flexibility index (Phi) is 6.08. The molecule has 0 amide bonds. The van der Waals surface area contributed by atoms with Crippen LogP contribution in [0.3, 0.4) is 0 Å². The number of carbonyl (C=O) groups excluding carboxylic acids is 1. The van der Waals surface area contributed by atoms with Crippen molar-refractivity contribution in [3.63, 3.8) is 0 Å². The van der Waals surface area contributed by atoms with Crippen molar-refractivity contribution in [1.29, 1.82) is 0 Å². The number of esters is 1. The molecule has 0 radical (unpaired) electrons. The van der Waals surface area contributed by atoms with Gasteiger partial charge in [-0.15, -0.1) is 0 Å². The highest BCUT2D eigenvalue weighted by molar-refractivity contribution is 5.90. The summed E-state index contributed by atoms with van der Waals surface area (Å²) in [6, 6.07) is 10.9. The van der Waals surface area contributed by atoms with Crippen molar-refractivity contribution in [2.24, 2.45) is 10.9 Å². The summed E-state index contributed by atoms with van der Waals surface area (Å²) in [5, 5.41) is 0. The Balaban J connectivity index is 1.68. The molecule has 0 fully saturated rings. The van der Waals surface area contributed by atoms with E-state index in [4.69, 9.17) is 9.73 Å². The maximum Gasteiger partial charge on any atom is 0.338 e. The summed E-state index contributed by atoms with van der Waals surface area (Å²) in [7, 11) is 0. The monoisotopic (exact) mass is 428 g/mol. The van der Waals surface area contributed by atoms with Crippen LogP contribution < -0.4 is 5.56 Å². The standard InChI is InChI=1S/C27H28N2O3/c1-4-22-21-14-18(3)17-27(22,23-11-12-25(30)29-24(23)16-21)28-13-7-9-19-8-6-10-20(15-19)26(31)32-5-2/h4,6-15,21H,5,16-17H2,1-3H3,(H,29,30)/b9-7+,22-4+,28-13+. The first-order valence-electron chi connectivity index (χ1n) is 11.0. The van der Waals surface area contributed by atoms with Crippen LogP contribution in [0, 0.1) is 5.92 Å². The summed E-state index contributed by atoms with van der Waals surface area (Å²) in [6.45, 7) is 6.36. The number of aromatic nitrogens is 1. The first-order chi connectivity index (χ1) is 15.5. The topological polar surface area (TPSA) is 71.5 Å². The second-order valence-electron chi connectivity index (χ2n) is 8.30.